The predicted octanol–water partition coefficient (Wildman–Crippen LogP) is 8.56. The average Bonchev–Trinajstić information content (AvgIpc) is 3.16. The first-order chi connectivity index (χ1) is 24.7. The number of anilines is 2. The van der Waals surface area contributed by atoms with Gasteiger partial charge in [0, 0.05) is 32.8 Å². The van der Waals surface area contributed by atoms with E-state index in [0.29, 0.717) is 44.8 Å². The smallest absolute Gasteiger partial charge is 0.272 e. The van der Waals surface area contributed by atoms with Gasteiger partial charge in [-0.2, -0.15) is 0 Å². The minimum absolute atomic E-state index is 0.0115. The summed E-state index contributed by atoms with van der Waals surface area (Å²) in [7, 11) is 4.57. The molecule has 0 aromatic heterocycles. The van der Waals surface area contributed by atoms with Crippen LogP contribution in [0.4, 0.5) is 11.4 Å². The SMILES string of the molecule is COc1ccc(OC)c(/C=C(\NC(=O)c2ccccc2)C(=O)Nc2ccc(SC(C(=O)Nc3cc(C)c(Cl)cc3OC)c3ccccc3)cc2)c1. The van der Waals surface area contributed by atoms with E-state index in [1.54, 1.807) is 72.8 Å². The molecule has 1 unspecified atom stereocenters. The van der Waals surface area contributed by atoms with E-state index >= 15 is 0 Å². The van der Waals surface area contributed by atoms with Gasteiger partial charge in [-0.25, -0.2) is 0 Å². The van der Waals surface area contributed by atoms with Crippen molar-refractivity contribution in [1.82, 2.24) is 5.32 Å². The summed E-state index contributed by atoms with van der Waals surface area (Å²) in [5.41, 5.74) is 3.49. The molecule has 0 saturated carbocycles. The summed E-state index contributed by atoms with van der Waals surface area (Å²) >= 11 is 7.63. The number of aryl methyl sites for hydroxylation is 1. The standard InChI is InChI=1S/C40H36ClN3O6S/c1-25-21-33(36(50-4)24-32(25)41)43-40(47)37(26-11-7-5-8-12-26)51-31-18-15-29(16-19-31)42-39(46)34(44-38(45)27-13-9-6-10-14-27)23-28-22-30(48-2)17-20-35(28)49-3/h5-24,37H,1-4H3,(H,42,46)(H,43,47)(H,44,45)/b34-23-. The van der Waals surface area contributed by atoms with Crippen molar-refractivity contribution in [2.45, 2.75) is 17.1 Å². The fraction of sp³-hybridized carbons (Fsp3) is 0.125. The lowest BCUT2D eigenvalue weighted by atomic mass is 10.1. The van der Waals surface area contributed by atoms with Crippen LogP contribution < -0.4 is 30.2 Å². The van der Waals surface area contributed by atoms with Crippen LogP contribution in [-0.4, -0.2) is 39.1 Å². The lowest BCUT2D eigenvalue weighted by molar-refractivity contribution is -0.116. The average molecular weight is 722 g/mol. The lowest BCUT2D eigenvalue weighted by Crippen LogP contribution is -2.30. The van der Waals surface area contributed by atoms with Gasteiger partial charge in [0.25, 0.3) is 11.8 Å². The number of amides is 3. The van der Waals surface area contributed by atoms with Crippen LogP contribution in [0.2, 0.25) is 5.02 Å². The Bertz CT molecular complexity index is 2040. The van der Waals surface area contributed by atoms with Gasteiger partial charge in [-0.3, -0.25) is 14.4 Å². The summed E-state index contributed by atoms with van der Waals surface area (Å²) in [4.78, 5) is 41.4. The second kappa shape index (κ2) is 17.3. The van der Waals surface area contributed by atoms with Gasteiger partial charge >= 0.3 is 0 Å². The molecule has 0 aliphatic heterocycles. The molecule has 0 aliphatic carbocycles. The monoisotopic (exact) mass is 721 g/mol. The Kier molecular flexibility index (Phi) is 12.4. The van der Waals surface area contributed by atoms with Crippen LogP contribution >= 0.6 is 23.4 Å². The van der Waals surface area contributed by atoms with Gasteiger partial charge in [-0.1, -0.05) is 60.1 Å². The van der Waals surface area contributed by atoms with Crippen LogP contribution in [0, 0.1) is 6.92 Å². The Morgan fingerprint density at radius 3 is 2.06 bits per heavy atom. The highest BCUT2D eigenvalue weighted by molar-refractivity contribution is 8.00. The zero-order valence-corrected chi connectivity index (χ0v) is 29.9. The van der Waals surface area contributed by atoms with Crippen LogP contribution in [0.1, 0.15) is 32.3 Å². The summed E-state index contributed by atoms with van der Waals surface area (Å²) < 4.78 is 16.3. The van der Waals surface area contributed by atoms with Crippen molar-refractivity contribution in [1.29, 1.82) is 0 Å². The van der Waals surface area contributed by atoms with Crippen molar-refractivity contribution in [3.63, 3.8) is 0 Å². The summed E-state index contributed by atoms with van der Waals surface area (Å²) in [5, 5.41) is 8.53. The number of methoxy groups -OCH3 is 3. The predicted molar refractivity (Wildman–Crippen MR) is 203 cm³/mol. The molecule has 11 heteroatoms. The van der Waals surface area contributed by atoms with E-state index in [-0.39, 0.29) is 11.6 Å². The Hall–Kier alpha value is -5.71. The molecule has 0 spiro atoms. The fourth-order valence-electron chi connectivity index (χ4n) is 5.03. The topological polar surface area (TPSA) is 115 Å². The van der Waals surface area contributed by atoms with E-state index in [1.165, 1.54) is 39.2 Å². The molecule has 0 radical (unpaired) electrons. The molecule has 0 fully saturated rings. The summed E-state index contributed by atoms with van der Waals surface area (Å²) in [6, 6.07) is 33.7. The molecule has 5 aromatic rings. The van der Waals surface area contributed by atoms with Gasteiger partial charge in [-0.15, -0.1) is 11.8 Å². The largest absolute Gasteiger partial charge is 0.497 e. The molecular formula is C40H36ClN3O6S. The number of rotatable bonds is 13. The zero-order valence-electron chi connectivity index (χ0n) is 28.4. The van der Waals surface area contributed by atoms with Gasteiger partial charge in [-0.05, 0) is 84.8 Å². The highest BCUT2D eigenvalue weighted by Gasteiger charge is 2.24. The Balaban J connectivity index is 1.38. The van der Waals surface area contributed by atoms with Gasteiger partial charge in [0.2, 0.25) is 5.91 Å². The second-order valence-corrected chi connectivity index (χ2v) is 12.7. The first-order valence-electron chi connectivity index (χ1n) is 15.8. The van der Waals surface area contributed by atoms with Gasteiger partial charge in [0.05, 0.1) is 27.0 Å². The molecule has 0 heterocycles. The number of carbonyl (C=O) groups is 3. The Morgan fingerprint density at radius 1 is 0.745 bits per heavy atom. The number of ether oxygens (including phenoxy) is 3. The number of carbonyl (C=O) groups excluding carboxylic acids is 3. The van der Waals surface area contributed by atoms with Crippen LogP contribution in [0.15, 0.2) is 126 Å². The molecule has 9 nitrogen and oxygen atoms in total. The summed E-state index contributed by atoms with van der Waals surface area (Å²) in [5.74, 6) is 0.224. The summed E-state index contributed by atoms with van der Waals surface area (Å²) in [6.45, 7) is 1.85. The number of hydrogen-bond acceptors (Lipinski definition) is 7. The Morgan fingerprint density at radius 2 is 1.41 bits per heavy atom. The molecule has 5 aromatic carbocycles. The lowest BCUT2D eigenvalue weighted by Gasteiger charge is -2.19. The number of thioether (sulfide) groups is 1. The maximum absolute atomic E-state index is 13.8. The van der Waals surface area contributed by atoms with Crippen molar-refractivity contribution in [2.24, 2.45) is 0 Å². The van der Waals surface area contributed by atoms with Crippen molar-refractivity contribution in [2.75, 3.05) is 32.0 Å². The van der Waals surface area contributed by atoms with Gasteiger partial charge in [0.15, 0.2) is 0 Å². The van der Waals surface area contributed by atoms with Crippen molar-refractivity contribution in [3.05, 3.63) is 148 Å². The molecule has 1 atom stereocenters. The maximum Gasteiger partial charge on any atom is 0.272 e. The van der Waals surface area contributed by atoms with Crippen LogP contribution in [0.5, 0.6) is 17.2 Å². The molecule has 51 heavy (non-hydrogen) atoms. The van der Waals surface area contributed by atoms with E-state index < -0.39 is 17.1 Å². The third-order valence-corrected chi connectivity index (χ3v) is 9.38. The molecule has 0 aliphatic rings. The highest BCUT2D eigenvalue weighted by Crippen LogP contribution is 2.38. The minimum atomic E-state index is -0.618. The molecule has 0 saturated heterocycles. The molecule has 260 valence electrons. The van der Waals surface area contributed by atoms with Crippen molar-refractivity contribution in [3.8, 4) is 17.2 Å². The number of halogens is 1. The molecule has 0 bridgehead atoms. The third-order valence-electron chi connectivity index (χ3n) is 7.71. The number of nitrogens with one attached hydrogen (secondary N) is 3. The molecule has 5 rings (SSSR count). The maximum atomic E-state index is 13.8. The molecule has 3 amide bonds. The number of hydrogen-bond donors (Lipinski definition) is 3. The van der Waals surface area contributed by atoms with Crippen molar-refractivity contribution >= 4 is 58.5 Å². The van der Waals surface area contributed by atoms with Crippen LogP contribution in [0.25, 0.3) is 6.08 Å². The normalized spacial score (nSPS) is 11.6. The van der Waals surface area contributed by atoms with Crippen molar-refractivity contribution < 1.29 is 28.6 Å². The minimum Gasteiger partial charge on any atom is -0.497 e. The van der Waals surface area contributed by atoms with E-state index in [2.05, 4.69) is 16.0 Å². The van der Waals surface area contributed by atoms with Crippen LogP contribution in [0.3, 0.4) is 0 Å². The van der Waals surface area contributed by atoms with Gasteiger partial charge < -0.3 is 30.2 Å². The quantitative estimate of drug-likeness (QED) is 0.0825. The van der Waals surface area contributed by atoms with Gasteiger partial charge in [0.1, 0.15) is 28.2 Å². The highest BCUT2D eigenvalue weighted by atomic mass is 35.5. The van der Waals surface area contributed by atoms with E-state index in [9.17, 15) is 14.4 Å². The van der Waals surface area contributed by atoms with E-state index in [0.717, 1.165) is 16.0 Å². The number of benzene rings is 5. The fourth-order valence-corrected chi connectivity index (χ4v) is 6.21. The first kappa shape index (κ1) is 36.6. The molecular weight excluding hydrogens is 686 g/mol. The first-order valence-corrected chi connectivity index (χ1v) is 17.0. The third kappa shape index (κ3) is 9.50. The Labute approximate surface area is 306 Å². The van der Waals surface area contributed by atoms with E-state index in [4.69, 9.17) is 25.8 Å². The van der Waals surface area contributed by atoms with Crippen LogP contribution in [-0.2, 0) is 9.59 Å². The second-order valence-electron chi connectivity index (χ2n) is 11.2. The summed E-state index contributed by atoms with van der Waals surface area (Å²) in [6.07, 6.45) is 1.53. The molecule has 3 N–H and O–H groups in total. The van der Waals surface area contributed by atoms with E-state index in [1.807, 2.05) is 49.4 Å². The zero-order chi connectivity index (χ0) is 36.3.